The predicted octanol–water partition coefficient (Wildman–Crippen LogP) is 3.23. The smallest absolute Gasteiger partial charge is 0.264 e. The topological polar surface area (TPSA) is 84.3 Å². The van der Waals surface area contributed by atoms with Gasteiger partial charge in [-0.3, -0.25) is 9.52 Å². The van der Waals surface area contributed by atoms with Gasteiger partial charge in [0.15, 0.2) is 5.15 Å². The maximum atomic E-state index is 12.6. The number of hydrogen-bond donors (Lipinski definition) is 1. The third kappa shape index (κ3) is 4.18. The average Bonchev–Trinajstić information content (AvgIpc) is 2.96. The second-order valence-electron chi connectivity index (χ2n) is 6.03. The second kappa shape index (κ2) is 7.38. The lowest BCUT2D eigenvalue weighted by Gasteiger charge is -2.12. The summed E-state index contributed by atoms with van der Waals surface area (Å²) in [6.45, 7) is 0.202. The van der Waals surface area contributed by atoms with Crippen LogP contribution in [0.3, 0.4) is 0 Å². The van der Waals surface area contributed by atoms with E-state index in [4.69, 9.17) is 23.2 Å². The van der Waals surface area contributed by atoms with Gasteiger partial charge in [0.1, 0.15) is 16.6 Å². The molecule has 2 heterocycles. The van der Waals surface area contributed by atoms with Crippen molar-refractivity contribution in [1.29, 1.82) is 0 Å². The van der Waals surface area contributed by atoms with Crippen LogP contribution >= 0.6 is 23.2 Å². The summed E-state index contributed by atoms with van der Waals surface area (Å²) in [6.07, 6.45) is 1.78. The number of carbonyl (C=O) groups is 1. The maximum Gasteiger partial charge on any atom is 0.264 e. The number of anilines is 1. The number of sulfonamides is 1. The molecular weight excluding hydrogens is 411 g/mol. The van der Waals surface area contributed by atoms with Gasteiger partial charge >= 0.3 is 0 Å². The third-order valence-corrected chi connectivity index (χ3v) is 5.92. The van der Waals surface area contributed by atoms with Gasteiger partial charge < -0.3 is 9.47 Å². The number of carbonyl (C=O) groups excluding carboxylic acids is 1. The quantitative estimate of drug-likeness (QED) is 0.634. The minimum atomic E-state index is -3.92. The lowest BCUT2D eigenvalue weighted by molar-refractivity contribution is -0.129. The summed E-state index contributed by atoms with van der Waals surface area (Å²) in [5, 5.41) is 0.695. The van der Waals surface area contributed by atoms with Crippen LogP contribution in [-0.2, 0) is 21.4 Å². The molecule has 0 unspecified atom stereocenters. The first-order valence-electron chi connectivity index (χ1n) is 7.81. The molecule has 0 aliphatic rings. The summed E-state index contributed by atoms with van der Waals surface area (Å²) in [5.41, 5.74) is 1.18. The molecule has 0 aliphatic heterocycles. The normalized spacial score (nSPS) is 11.6. The highest BCUT2D eigenvalue weighted by atomic mass is 35.5. The molecule has 0 fully saturated rings. The molecule has 10 heteroatoms. The van der Waals surface area contributed by atoms with E-state index in [0.717, 1.165) is 10.9 Å². The molecule has 0 spiro atoms. The van der Waals surface area contributed by atoms with Crippen LogP contribution in [0.4, 0.5) is 5.69 Å². The van der Waals surface area contributed by atoms with E-state index in [9.17, 15) is 13.2 Å². The van der Waals surface area contributed by atoms with E-state index in [-0.39, 0.29) is 27.7 Å². The minimum Gasteiger partial charge on any atom is -0.347 e. The van der Waals surface area contributed by atoms with Crippen molar-refractivity contribution in [3.05, 3.63) is 52.9 Å². The van der Waals surface area contributed by atoms with E-state index in [1.165, 1.54) is 17.0 Å². The fourth-order valence-corrected chi connectivity index (χ4v) is 4.21. The number of fused-ring (bicyclic) bond motifs is 1. The summed E-state index contributed by atoms with van der Waals surface area (Å²) in [7, 11) is -0.539. The third-order valence-electron chi connectivity index (χ3n) is 3.90. The van der Waals surface area contributed by atoms with Crippen molar-refractivity contribution in [3.63, 3.8) is 0 Å². The molecule has 0 radical (unpaired) electrons. The summed E-state index contributed by atoms with van der Waals surface area (Å²) >= 11 is 11.6. The molecule has 1 amide bonds. The number of aromatic nitrogens is 2. The zero-order valence-corrected chi connectivity index (χ0v) is 16.8. The van der Waals surface area contributed by atoms with E-state index in [2.05, 4.69) is 9.71 Å². The Bertz CT molecular complexity index is 1130. The molecule has 0 bridgehead atoms. The van der Waals surface area contributed by atoms with Gasteiger partial charge in [0.05, 0.1) is 0 Å². The van der Waals surface area contributed by atoms with E-state index >= 15 is 0 Å². The fourth-order valence-electron chi connectivity index (χ4n) is 2.50. The number of likely N-dealkylation sites (N-methyl/N-ethyl adjacent to an activating group) is 1. The monoisotopic (exact) mass is 426 g/mol. The van der Waals surface area contributed by atoms with Gasteiger partial charge in [0.2, 0.25) is 5.91 Å². The largest absolute Gasteiger partial charge is 0.347 e. The highest BCUT2D eigenvalue weighted by molar-refractivity contribution is 7.92. The summed E-state index contributed by atoms with van der Waals surface area (Å²) in [4.78, 5) is 17.0. The van der Waals surface area contributed by atoms with Crippen molar-refractivity contribution in [3.8, 4) is 0 Å². The first-order valence-corrected chi connectivity index (χ1v) is 10.1. The predicted molar refractivity (Wildman–Crippen MR) is 106 cm³/mol. The molecule has 27 heavy (non-hydrogen) atoms. The van der Waals surface area contributed by atoms with Crippen LogP contribution < -0.4 is 4.72 Å². The second-order valence-corrected chi connectivity index (χ2v) is 8.43. The van der Waals surface area contributed by atoms with Crippen LogP contribution in [0.15, 0.2) is 47.5 Å². The number of amides is 1. The van der Waals surface area contributed by atoms with E-state index in [1.807, 2.05) is 6.07 Å². The molecule has 1 aromatic carbocycles. The number of benzene rings is 1. The van der Waals surface area contributed by atoms with Gasteiger partial charge in [-0.1, -0.05) is 23.2 Å². The Morgan fingerprint density at radius 1 is 1.19 bits per heavy atom. The van der Waals surface area contributed by atoms with Crippen LogP contribution in [0.5, 0.6) is 0 Å². The van der Waals surface area contributed by atoms with Crippen molar-refractivity contribution in [2.45, 2.75) is 11.4 Å². The molecule has 0 atom stereocenters. The van der Waals surface area contributed by atoms with Crippen molar-refractivity contribution >= 4 is 55.7 Å². The molecule has 142 valence electrons. The van der Waals surface area contributed by atoms with Crippen LogP contribution in [0.25, 0.3) is 10.9 Å². The van der Waals surface area contributed by atoms with E-state index < -0.39 is 10.0 Å². The first-order chi connectivity index (χ1) is 12.7. The summed E-state index contributed by atoms with van der Waals surface area (Å²) in [5.74, 6) is -0.0397. The summed E-state index contributed by atoms with van der Waals surface area (Å²) in [6, 6.07) is 9.51. The number of halogens is 2. The molecule has 2 aromatic heterocycles. The number of rotatable bonds is 5. The Kier molecular flexibility index (Phi) is 5.32. The first kappa shape index (κ1) is 19.5. The standard InChI is InChI=1S/C17H16Cl2N4O3S/c1-22(2)16(24)10-23-8-7-11-9-12(3-4-13(11)23)21-27(25,26)14-5-6-15(18)20-17(14)19/h3-9,21H,10H2,1-2H3. The van der Waals surface area contributed by atoms with E-state index in [0.29, 0.717) is 5.69 Å². The SMILES string of the molecule is CN(C)C(=O)Cn1ccc2cc(NS(=O)(=O)c3ccc(Cl)nc3Cl)ccc21. The zero-order chi connectivity index (χ0) is 19.8. The zero-order valence-electron chi connectivity index (χ0n) is 14.5. The van der Waals surface area contributed by atoms with Gasteiger partial charge in [0, 0.05) is 36.9 Å². The molecule has 3 rings (SSSR count). The number of hydrogen-bond acceptors (Lipinski definition) is 4. The van der Waals surface area contributed by atoms with Crippen molar-refractivity contribution in [2.75, 3.05) is 18.8 Å². The van der Waals surface area contributed by atoms with Crippen LogP contribution in [0.2, 0.25) is 10.3 Å². The molecule has 3 aromatic rings. The molecular formula is C17H16Cl2N4O3S. The van der Waals surface area contributed by atoms with Gasteiger partial charge in [-0.15, -0.1) is 0 Å². The van der Waals surface area contributed by atoms with Gasteiger partial charge in [-0.2, -0.15) is 0 Å². The molecule has 1 N–H and O–H groups in total. The molecule has 7 nitrogen and oxygen atoms in total. The van der Waals surface area contributed by atoms with Gasteiger partial charge in [-0.25, -0.2) is 13.4 Å². The molecule has 0 saturated carbocycles. The maximum absolute atomic E-state index is 12.6. The average molecular weight is 427 g/mol. The van der Waals surface area contributed by atoms with Crippen molar-refractivity contribution < 1.29 is 13.2 Å². The Morgan fingerprint density at radius 3 is 2.59 bits per heavy atom. The highest BCUT2D eigenvalue weighted by Crippen LogP contribution is 2.26. The van der Waals surface area contributed by atoms with Crippen molar-refractivity contribution in [2.24, 2.45) is 0 Å². The van der Waals surface area contributed by atoms with Crippen LogP contribution in [0.1, 0.15) is 0 Å². The Hall–Kier alpha value is -2.29. The Balaban J connectivity index is 1.89. The Morgan fingerprint density at radius 2 is 1.93 bits per heavy atom. The van der Waals surface area contributed by atoms with Crippen LogP contribution in [0, 0.1) is 0 Å². The van der Waals surface area contributed by atoms with Crippen LogP contribution in [-0.4, -0.2) is 42.9 Å². The minimum absolute atomic E-state index is 0.0397. The summed E-state index contributed by atoms with van der Waals surface area (Å²) < 4.78 is 29.4. The molecule has 0 saturated heterocycles. The number of nitrogens with zero attached hydrogens (tertiary/aromatic N) is 3. The lowest BCUT2D eigenvalue weighted by Crippen LogP contribution is -2.25. The van der Waals surface area contributed by atoms with Gasteiger partial charge in [0.25, 0.3) is 10.0 Å². The molecule has 0 aliphatic carbocycles. The Labute approximate surface area is 166 Å². The number of nitrogens with one attached hydrogen (secondary N) is 1. The highest BCUT2D eigenvalue weighted by Gasteiger charge is 2.20. The van der Waals surface area contributed by atoms with Crippen molar-refractivity contribution in [1.82, 2.24) is 14.5 Å². The van der Waals surface area contributed by atoms with Gasteiger partial charge in [-0.05, 0) is 36.4 Å². The number of pyridine rings is 1. The fraction of sp³-hybridized carbons (Fsp3) is 0.176. The van der Waals surface area contributed by atoms with E-state index in [1.54, 1.807) is 43.1 Å². The lowest BCUT2D eigenvalue weighted by atomic mass is 10.2.